The molecule has 0 spiro atoms. The summed E-state index contributed by atoms with van der Waals surface area (Å²) < 4.78 is 0. The molecule has 7 N–H and O–H groups in total. The van der Waals surface area contributed by atoms with E-state index in [9.17, 15) is 10.2 Å². The van der Waals surface area contributed by atoms with Gasteiger partial charge in [0.15, 0.2) is 0 Å². The number of aliphatic hydroxyl groups excluding tert-OH is 5. The van der Waals surface area contributed by atoms with Gasteiger partial charge in [0.05, 0.1) is 0 Å². The van der Waals surface area contributed by atoms with Gasteiger partial charge in [0.25, 0.3) is 0 Å². The van der Waals surface area contributed by atoms with Gasteiger partial charge in [-0.2, -0.15) is 0 Å². The second-order valence-corrected chi connectivity index (χ2v) is 3.05. The van der Waals surface area contributed by atoms with Gasteiger partial charge in [-0.1, -0.05) is 0 Å². The molecule has 1 aliphatic rings. The van der Waals surface area contributed by atoms with E-state index in [2.05, 4.69) is 4.84 Å². The van der Waals surface area contributed by atoms with E-state index in [-0.39, 0.29) is 0 Å². The van der Waals surface area contributed by atoms with E-state index in [0.29, 0.717) is 0 Å². The average Bonchev–Trinajstić information content (AvgIpc) is 2.13. The molecule has 0 amide bonds. The lowest BCUT2D eigenvalue weighted by molar-refractivity contribution is -0.236. The molecular formula is C6H13NO6. The van der Waals surface area contributed by atoms with E-state index in [4.69, 9.17) is 21.2 Å². The Morgan fingerprint density at radius 2 is 1.00 bits per heavy atom. The van der Waals surface area contributed by atoms with Gasteiger partial charge >= 0.3 is 0 Å². The van der Waals surface area contributed by atoms with Gasteiger partial charge < -0.3 is 25.5 Å². The highest BCUT2D eigenvalue weighted by Crippen LogP contribution is 2.22. The van der Waals surface area contributed by atoms with Crippen molar-refractivity contribution in [2.75, 3.05) is 0 Å². The van der Waals surface area contributed by atoms with Crippen LogP contribution in [-0.4, -0.2) is 62.2 Å². The molecule has 1 saturated carbocycles. The molecular weight excluding hydrogens is 182 g/mol. The van der Waals surface area contributed by atoms with E-state index >= 15 is 0 Å². The molecule has 0 saturated heterocycles. The minimum Gasteiger partial charge on any atom is -0.387 e. The molecule has 0 aromatic carbocycles. The molecule has 6 atom stereocenters. The Morgan fingerprint density at radius 1 is 0.692 bits per heavy atom. The first-order valence-corrected chi connectivity index (χ1v) is 3.76. The van der Waals surface area contributed by atoms with Crippen molar-refractivity contribution in [1.29, 1.82) is 0 Å². The number of rotatable bonds is 1. The SMILES string of the molecule is NOC1[C@@H](O)[C@H](O)C(O)[C@H](O)[C@@H]1O. The predicted molar refractivity (Wildman–Crippen MR) is 39.1 cm³/mol. The third-order valence-corrected chi connectivity index (χ3v) is 2.23. The van der Waals surface area contributed by atoms with Crippen molar-refractivity contribution in [2.24, 2.45) is 5.90 Å². The fourth-order valence-corrected chi connectivity index (χ4v) is 1.36. The Hall–Kier alpha value is -0.280. The molecule has 1 fully saturated rings. The number of hydrogen-bond donors (Lipinski definition) is 6. The van der Waals surface area contributed by atoms with Crippen molar-refractivity contribution < 1.29 is 30.4 Å². The van der Waals surface area contributed by atoms with Gasteiger partial charge in [-0.15, -0.1) is 0 Å². The van der Waals surface area contributed by atoms with Crippen LogP contribution in [0, 0.1) is 0 Å². The lowest BCUT2D eigenvalue weighted by atomic mass is 9.85. The molecule has 0 aromatic heterocycles. The van der Waals surface area contributed by atoms with Crippen molar-refractivity contribution in [2.45, 2.75) is 36.6 Å². The highest BCUT2D eigenvalue weighted by atomic mass is 16.6. The lowest BCUT2D eigenvalue weighted by Crippen LogP contribution is -2.64. The fourth-order valence-electron chi connectivity index (χ4n) is 1.36. The molecule has 1 aliphatic carbocycles. The van der Waals surface area contributed by atoms with Gasteiger partial charge in [-0.05, 0) is 0 Å². The maximum absolute atomic E-state index is 9.21. The van der Waals surface area contributed by atoms with E-state index < -0.39 is 36.6 Å². The third kappa shape index (κ3) is 1.67. The number of aliphatic hydroxyl groups is 5. The van der Waals surface area contributed by atoms with Crippen molar-refractivity contribution >= 4 is 0 Å². The number of hydrogen-bond acceptors (Lipinski definition) is 7. The Kier molecular flexibility index (Phi) is 3.19. The Morgan fingerprint density at radius 3 is 1.31 bits per heavy atom. The van der Waals surface area contributed by atoms with Crippen LogP contribution in [-0.2, 0) is 4.84 Å². The summed E-state index contributed by atoms with van der Waals surface area (Å²) in [6, 6.07) is 0. The molecule has 0 aliphatic heterocycles. The van der Waals surface area contributed by atoms with Crippen LogP contribution in [0.1, 0.15) is 0 Å². The summed E-state index contributed by atoms with van der Waals surface area (Å²) in [5.41, 5.74) is 0. The maximum Gasteiger partial charge on any atom is 0.136 e. The quantitative estimate of drug-likeness (QED) is 0.235. The molecule has 0 bridgehead atoms. The minimum absolute atomic E-state index is 1.31. The molecule has 13 heavy (non-hydrogen) atoms. The summed E-state index contributed by atoms with van der Waals surface area (Å²) in [5.74, 6) is 4.73. The molecule has 1 rings (SSSR count). The van der Waals surface area contributed by atoms with E-state index in [0.717, 1.165) is 0 Å². The van der Waals surface area contributed by atoms with Crippen LogP contribution in [0.25, 0.3) is 0 Å². The van der Waals surface area contributed by atoms with Crippen LogP contribution in [0.5, 0.6) is 0 Å². The summed E-state index contributed by atoms with van der Waals surface area (Å²) in [5, 5.41) is 45.8. The standard InChI is InChI=1S/C6H13NO6/c7-13-6-4(11)2(9)1(8)3(10)5(6)12/h1-6,8-12H,7H2/t1?,2-,3+,4-,5-,6?/m0/s1. The van der Waals surface area contributed by atoms with Crippen LogP contribution >= 0.6 is 0 Å². The minimum atomic E-state index is -1.61. The lowest BCUT2D eigenvalue weighted by Gasteiger charge is -2.40. The predicted octanol–water partition coefficient (Wildman–Crippen LogP) is -3.94. The maximum atomic E-state index is 9.21. The fraction of sp³-hybridized carbons (Fsp3) is 1.00. The summed E-state index contributed by atoms with van der Waals surface area (Å²) in [7, 11) is 0. The van der Waals surface area contributed by atoms with Gasteiger partial charge in [0, 0.05) is 0 Å². The van der Waals surface area contributed by atoms with Crippen LogP contribution in [0.3, 0.4) is 0 Å². The van der Waals surface area contributed by atoms with Crippen LogP contribution < -0.4 is 5.90 Å². The van der Waals surface area contributed by atoms with E-state index in [1.54, 1.807) is 0 Å². The molecule has 7 nitrogen and oxygen atoms in total. The van der Waals surface area contributed by atoms with Gasteiger partial charge in [-0.3, -0.25) is 4.84 Å². The first kappa shape index (κ1) is 10.8. The first-order chi connectivity index (χ1) is 6.00. The summed E-state index contributed by atoms with van der Waals surface area (Å²) in [6.45, 7) is 0. The number of nitrogens with two attached hydrogens (primary N) is 1. The zero-order chi connectivity index (χ0) is 10.2. The van der Waals surface area contributed by atoms with E-state index in [1.165, 1.54) is 0 Å². The molecule has 0 heterocycles. The average molecular weight is 195 g/mol. The first-order valence-electron chi connectivity index (χ1n) is 3.76. The monoisotopic (exact) mass is 195 g/mol. The van der Waals surface area contributed by atoms with Gasteiger partial charge in [-0.25, -0.2) is 5.90 Å². The molecule has 0 aromatic rings. The Balaban J connectivity index is 2.79. The molecule has 7 heteroatoms. The van der Waals surface area contributed by atoms with Crippen molar-refractivity contribution in [3.05, 3.63) is 0 Å². The second-order valence-electron chi connectivity index (χ2n) is 3.05. The zero-order valence-corrected chi connectivity index (χ0v) is 6.69. The zero-order valence-electron chi connectivity index (χ0n) is 6.69. The third-order valence-electron chi connectivity index (χ3n) is 2.23. The second kappa shape index (κ2) is 3.84. The summed E-state index contributed by atoms with van der Waals surface area (Å²) in [4.78, 5) is 4.17. The van der Waals surface area contributed by atoms with Crippen LogP contribution in [0.2, 0.25) is 0 Å². The molecule has 0 radical (unpaired) electrons. The van der Waals surface area contributed by atoms with Crippen LogP contribution in [0.4, 0.5) is 0 Å². The van der Waals surface area contributed by atoms with Crippen molar-refractivity contribution in [3.63, 3.8) is 0 Å². The molecule has 78 valence electrons. The van der Waals surface area contributed by atoms with Gasteiger partial charge in [0.1, 0.15) is 36.6 Å². The summed E-state index contributed by atoms with van der Waals surface area (Å²) in [6.07, 6.45) is -9.17. The van der Waals surface area contributed by atoms with Crippen molar-refractivity contribution in [1.82, 2.24) is 0 Å². The van der Waals surface area contributed by atoms with Crippen LogP contribution in [0.15, 0.2) is 0 Å². The van der Waals surface area contributed by atoms with Gasteiger partial charge in [0.2, 0.25) is 0 Å². The summed E-state index contributed by atoms with van der Waals surface area (Å²) >= 11 is 0. The smallest absolute Gasteiger partial charge is 0.136 e. The highest BCUT2D eigenvalue weighted by molar-refractivity contribution is 4.98. The van der Waals surface area contributed by atoms with E-state index in [1.807, 2.05) is 0 Å². The Labute approximate surface area is 73.9 Å². The Bertz CT molecular complexity index is 163. The largest absolute Gasteiger partial charge is 0.387 e. The molecule has 2 unspecified atom stereocenters. The highest BCUT2D eigenvalue weighted by Gasteiger charge is 2.48. The van der Waals surface area contributed by atoms with Crippen molar-refractivity contribution in [3.8, 4) is 0 Å². The topological polar surface area (TPSA) is 136 Å². The normalized spacial score (nSPS) is 52.2.